The highest BCUT2D eigenvalue weighted by atomic mass is 16.7. The lowest BCUT2D eigenvalue weighted by Gasteiger charge is -2.65. The van der Waals surface area contributed by atoms with Crippen molar-refractivity contribution in [2.24, 2.45) is 40.9 Å². The third-order valence-electron chi connectivity index (χ3n) is 8.62. The Hall–Kier alpha value is -0.160. The summed E-state index contributed by atoms with van der Waals surface area (Å²) in [5.41, 5.74) is -2.72. The molecule has 4 heteroatoms. The van der Waals surface area contributed by atoms with Crippen molar-refractivity contribution in [3.63, 3.8) is 0 Å². The lowest BCUT2D eigenvalue weighted by molar-refractivity contribution is -0.334. The van der Waals surface area contributed by atoms with E-state index in [1.807, 2.05) is 0 Å². The smallest absolute Gasteiger partial charge is 0.146 e. The first-order valence-electron chi connectivity index (χ1n) is 11.7. The molecule has 4 nitrogen and oxygen atoms in total. The molecular weight excluding hydrogens is 352 g/mol. The highest BCUT2D eigenvalue weighted by molar-refractivity contribution is 5.18. The van der Waals surface area contributed by atoms with E-state index in [-0.39, 0.29) is 18.6 Å². The van der Waals surface area contributed by atoms with Crippen LogP contribution in [-0.4, -0.2) is 41.4 Å². The molecule has 1 saturated heterocycles. The van der Waals surface area contributed by atoms with Crippen LogP contribution < -0.4 is 0 Å². The molecule has 1 heterocycles. The van der Waals surface area contributed by atoms with E-state index in [9.17, 15) is 10.2 Å². The minimum absolute atomic E-state index is 0.156. The van der Waals surface area contributed by atoms with Gasteiger partial charge in [-0.3, -0.25) is 0 Å². The largest absolute Gasteiger partial charge is 0.389 e. The Balaban J connectivity index is 2.15. The monoisotopic (exact) mass is 396 g/mol. The molecule has 28 heavy (non-hydrogen) atoms. The van der Waals surface area contributed by atoms with Crippen LogP contribution in [0, 0.1) is 40.9 Å². The van der Waals surface area contributed by atoms with Crippen molar-refractivity contribution in [1.29, 1.82) is 0 Å². The van der Waals surface area contributed by atoms with Crippen LogP contribution in [0.1, 0.15) is 80.1 Å². The summed E-state index contributed by atoms with van der Waals surface area (Å²) in [6, 6.07) is 0. The molecule has 6 atom stereocenters. The van der Waals surface area contributed by atoms with E-state index in [1.54, 1.807) is 0 Å². The normalized spacial score (nSPS) is 44.8. The highest BCUT2D eigenvalue weighted by Crippen LogP contribution is 2.61. The predicted molar refractivity (Wildman–Crippen MR) is 112 cm³/mol. The summed E-state index contributed by atoms with van der Waals surface area (Å²) in [4.78, 5) is 0. The van der Waals surface area contributed by atoms with E-state index in [2.05, 4.69) is 41.5 Å². The highest BCUT2D eigenvalue weighted by Gasteiger charge is 2.69. The quantitative estimate of drug-likeness (QED) is 0.728. The average molecular weight is 397 g/mol. The predicted octanol–water partition coefficient (Wildman–Crippen LogP) is 4.62. The van der Waals surface area contributed by atoms with Crippen molar-refractivity contribution in [2.75, 3.05) is 20.0 Å². The maximum atomic E-state index is 12.5. The van der Waals surface area contributed by atoms with Crippen LogP contribution in [0.4, 0.5) is 0 Å². The molecule has 3 fully saturated rings. The molecule has 3 rings (SSSR count). The van der Waals surface area contributed by atoms with Gasteiger partial charge in [0, 0.05) is 0 Å². The van der Waals surface area contributed by atoms with E-state index in [1.165, 1.54) is 0 Å². The first kappa shape index (κ1) is 22.5. The van der Waals surface area contributed by atoms with Gasteiger partial charge in [0.15, 0.2) is 0 Å². The topological polar surface area (TPSA) is 58.9 Å². The van der Waals surface area contributed by atoms with Crippen LogP contribution in [0.2, 0.25) is 0 Å². The van der Waals surface area contributed by atoms with Crippen molar-refractivity contribution in [3.8, 4) is 0 Å². The van der Waals surface area contributed by atoms with Crippen molar-refractivity contribution in [3.05, 3.63) is 0 Å². The Labute approximate surface area is 172 Å². The minimum atomic E-state index is -0.974. The van der Waals surface area contributed by atoms with Crippen LogP contribution in [0.3, 0.4) is 0 Å². The van der Waals surface area contributed by atoms with Gasteiger partial charge in [-0.1, -0.05) is 54.4 Å². The van der Waals surface area contributed by atoms with Crippen LogP contribution in [-0.2, 0) is 9.47 Å². The third kappa shape index (κ3) is 3.46. The van der Waals surface area contributed by atoms with Gasteiger partial charge < -0.3 is 19.7 Å². The maximum absolute atomic E-state index is 12.5. The summed E-state index contributed by atoms with van der Waals surface area (Å²) in [5.74, 6) is 1.92. The van der Waals surface area contributed by atoms with Crippen LogP contribution in [0.15, 0.2) is 0 Å². The second-order valence-electron chi connectivity index (χ2n) is 11.2. The molecule has 6 unspecified atom stereocenters. The van der Waals surface area contributed by atoms with Gasteiger partial charge in [0.05, 0.1) is 29.8 Å². The van der Waals surface area contributed by atoms with Gasteiger partial charge in [0.1, 0.15) is 6.79 Å². The zero-order valence-corrected chi connectivity index (χ0v) is 19.0. The van der Waals surface area contributed by atoms with E-state index >= 15 is 0 Å². The fourth-order valence-electron chi connectivity index (χ4n) is 7.25. The molecule has 1 aliphatic heterocycles. The lowest BCUT2D eigenvalue weighted by atomic mass is 9.45. The molecule has 3 aliphatic rings. The maximum Gasteiger partial charge on any atom is 0.146 e. The molecule has 0 bridgehead atoms. The third-order valence-corrected chi connectivity index (χ3v) is 8.62. The first-order chi connectivity index (χ1) is 13.1. The van der Waals surface area contributed by atoms with Crippen LogP contribution in [0.5, 0.6) is 0 Å². The van der Waals surface area contributed by atoms with Crippen LogP contribution in [0.25, 0.3) is 0 Å². The Kier molecular flexibility index (Phi) is 6.57. The molecule has 0 spiro atoms. The Morgan fingerprint density at radius 3 is 1.46 bits per heavy atom. The van der Waals surface area contributed by atoms with Gasteiger partial charge in [-0.2, -0.15) is 0 Å². The number of aliphatic hydroxyl groups is 2. The molecule has 164 valence electrons. The first-order valence-corrected chi connectivity index (χ1v) is 11.7. The molecule has 0 aromatic carbocycles. The summed E-state index contributed by atoms with van der Waals surface area (Å²) in [5, 5.41) is 25.1. The summed E-state index contributed by atoms with van der Waals surface area (Å²) in [6.07, 6.45) is 5.76. The van der Waals surface area contributed by atoms with Gasteiger partial charge in [0.25, 0.3) is 0 Å². The minimum Gasteiger partial charge on any atom is -0.389 e. The van der Waals surface area contributed by atoms with Crippen molar-refractivity contribution in [1.82, 2.24) is 0 Å². The van der Waals surface area contributed by atoms with Gasteiger partial charge in [-0.25, -0.2) is 0 Å². The van der Waals surface area contributed by atoms with E-state index in [0.29, 0.717) is 36.9 Å². The zero-order valence-electron chi connectivity index (χ0n) is 19.0. The number of ether oxygens (including phenoxy) is 2. The summed E-state index contributed by atoms with van der Waals surface area (Å²) >= 11 is 0. The fourth-order valence-corrected chi connectivity index (χ4v) is 7.25. The second-order valence-corrected chi connectivity index (χ2v) is 11.2. The SMILES string of the molecule is CC1CCC(C(C)C)C(O)(C2(C3(O)CC(C)CCC3C(C)C)COCOC2)C1. The number of hydrogen-bond acceptors (Lipinski definition) is 4. The van der Waals surface area contributed by atoms with Gasteiger partial charge in [-0.05, 0) is 61.2 Å². The summed E-state index contributed by atoms with van der Waals surface area (Å²) < 4.78 is 11.8. The van der Waals surface area contributed by atoms with Crippen molar-refractivity contribution in [2.45, 2.75) is 91.3 Å². The Bertz CT molecular complexity index is 487. The number of hydrogen-bond donors (Lipinski definition) is 2. The van der Waals surface area contributed by atoms with Crippen molar-refractivity contribution < 1.29 is 19.7 Å². The van der Waals surface area contributed by atoms with E-state index < -0.39 is 16.6 Å². The average Bonchev–Trinajstić information content (AvgIpc) is 2.61. The lowest BCUT2D eigenvalue weighted by Crippen LogP contribution is -2.74. The van der Waals surface area contributed by atoms with E-state index in [4.69, 9.17) is 9.47 Å². The summed E-state index contributed by atoms with van der Waals surface area (Å²) in [6.45, 7) is 14.4. The molecule has 0 aromatic rings. The molecule has 2 aliphatic carbocycles. The van der Waals surface area contributed by atoms with Gasteiger partial charge in [0.2, 0.25) is 0 Å². The molecule has 0 aromatic heterocycles. The van der Waals surface area contributed by atoms with Gasteiger partial charge in [-0.15, -0.1) is 0 Å². The molecule has 2 N–H and O–H groups in total. The van der Waals surface area contributed by atoms with Crippen LogP contribution >= 0.6 is 0 Å². The van der Waals surface area contributed by atoms with Gasteiger partial charge >= 0.3 is 0 Å². The standard InChI is InChI=1S/C24H44O4/c1-16(2)20-9-7-18(5)11-23(20,25)22(13-27-15-28-14-22)24(26)12-19(6)8-10-21(24)17(3)4/h16-21,25-26H,7-15H2,1-6H3. The molecular formula is C24H44O4. The zero-order chi connectivity index (χ0) is 20.7. The second kappa shape index (κ2) is 8.17. The van der Waals surface area contributed by atoms with Crippen molar-refractivity contribution >= 4 is 0 Å². The Morgan fingerprint density at radius 1 is 0.714 bits per heavy atom. The Morgan fingerprint density at radius 2 is 1.11 bits per heavy atom. The molecule has 0 amide bonds. The summed E-state index contributed by atoms with van der Waals surface area (Å²) in [7, 11) is 0. The number of rotatable bonds is 4. The van der Waals surface area contributed by atoms with E-state index in [0.717, 1.165) is 38.5 Å². The molecule has 0 radical (unpaired) electrons. The fraction of sp³-hybridized carbons (Fsp3) is 1.00. The molecule has 2 saturated carbocycles.